The lowest BCUT2D eigenvalue weighted by molar-refractivity contribution is -0.384. The fourth-order valence-corrected chi connectivity index (χ4v) is 3.03. The average Bonchev–Trinajstić information content (AvgIpc) is 3.16. The van der Waals surface area contributed by atoms with E-state index >= 15 is 0 Å². The molecule has 0 saturated carbocycles. The Morgan fingerprint density at radius 2 is 1.86 bits per heavy atom. The van der Waals surface area contributed by atoms with Gasteiger partial charge in [-0.15, -0.1) is 21.5 Å². The van der Waals surface area contributed by atoms with E-state index in [-0.39, 0.29) is 5.69 Å². The first-order chi connectivity index (χ1) is 10.6. The van der Waals surface area contributed by atoms with Gasteiger partial charge in [-0.05, 0) is 24.3 Å². The predicted octanol–water partition coefficient (Wildman–Crippen LogP) is 3.37. The molecule has 0 aliphatic heterocycles. The van der Waals surface area contributed by atoms with E-state index < -0.39 is 4.92 Å². The zero-order chi connectivity index (χ0) is 15.5. The zero-order valence-corrected chi connectivity index (χ0v) is 12.7. The Morgan fingerprint density at radius 3 is 2.41 bits per heavy atom. The highest BCUT2D eigenvalue weighted by Crippen LogP contribution is 2.26. The number of nitro groups is 1. The highest BCUT2D eigenvalue weighted by molar-refractivity contribution is 7.16. The molecule has 112 valence electrons. The van der Waals surface area contributed by atoms with Crippen LogP contribution < -0.4 is 5.01 Å². The van der Waals surface area contributed by atoms with Crippen LogP contribution in [0.4, 0.5) is 11.4 Å². The molecule has 0 aliphatic carbocycles. The molecular formula is C13H10ClN5O2S. The zero-order valence-electron chi connectivity index (χ0n) is 11.2. The van der Waals surface area contributed by atoms with Gasteiger partial charge in [0.2, 0.25) is 0 Å². The van der Waals surface area contributed by atoms with Crippen molar-refractivity contribution in [3.8, 4) is 0 Å². The lowest BCUT2D eigenvalue weighted by atomic mass is 10.2. The first kappa shape index (κ1) is 14.5. The van der Waals surface area contributed by atoms with Crippen LogP contribution >= 0.6 is 22.9 Å². The Labute approximate surface area is 134 Å². The normalized spacial score (nSPS) is 10.6. The topological polar surface area (TPSA) is 77.1 Å². The van der Waals surface area contributed by atoms with E-state index in [1.165, 1.54) is 23.5 Å². The molecule has 0 radical (unpaired) electrons. The number of aromatic nitrogens is 3. The van der Waals surface area contributed by atoms with Crippen molar-refractivity contribution in [1.29, 1.82) is 0 Å². The number of benzene rings is 1. The summed E-state index contributed by atoms with van der Waals surface area (Å²) in [6, 6.07) is 10.1. The molecule has 3 rings (SSSR count). The lowest BCUT2D eigenvalue weighted by Gasteiger charge is -2.24. The van der Waals surface area contributed by atoms with Gasteiger partial charge >= 0.3 is 0 Å². The molecule has 0 atom stereocenters. The molecule has 0 saturated heterocycles. The minimum absolute atomic E-state index is 0.0478. The lowest BCUT2D eigenvalue weighted by Crippen LogP contribution is -2.27. The van der Waals surface area contributed by atoms with E-state index in [9.17, 15) is 10.1 Å². The SMILES string of the molecule is O=[N+]([O-])c1ccc(N(Cc2ccc(Cl)s2)n2cnnc2)cc1. The summed E-state index contributed by atoms with van der Waals surface area (Å²) in [5, 5.41) is 20.3. The molecule has 0 spiro atoms. The quantitative estimate of drug-likeness (QED) is 0.527. The van der Waals surface area contributed by atoms with Crippen molar-refractivity contribution in [3.63, 3.8) is 0 Å². The van der Waals surface area contributed by atoms with Crippen LogP contribution in [0.3, 0.4) is 0 Å². The van der Waals surface area contributed by atoms with E-state index in [0.717, 1.165) is 10.6 Å². The molecule has 0 unspecified atom stereocenters. The van der Waals surface area contributed by atoms with Crippen LogP contribution in [0.1, 0.15) is 4.88 Å². The Balaban J connectivity index is 1.93. The van der Waals surface area contributed by atoms with Crippen molar-refractivity contribution in [2.24, 2.45) is 0 Å². The van der Waals surface area contributed by atoms with Crippen LogP contribution in [0.5, 0.6) is 0 Å². The second kappa shape index (κ2) is 6.12. The summed E-state index contributed by atoms with van der Waals surface area (Å²) < 4.78 is 2.43. The van der Waals surface area contributed by atoms with E-state index in [0.29, 0.717) is 10.9 Å². The van der Waals surface area contributed by atoms with Crippen molar-refractivity contribution >= 4 is 34.3 Å². The van der Waals surface area contributed by atoms with Gasteiger partial charge in [0.05, 0.1) is 21.5 Å². The molecule has 2 aromatic heterocycles. The molecule has 1 aromatic carbocycles. The van der Waals surface area contributed by atoms with Crippen LogP contribution in [-0.4, -0.2) is 19.8 Å². The van der Waals surface area contributed by atoms with Crippen LogP contribution in [-0.2, 0) is 6.54 Å². The standard InChI is InChI=1S/C13H10ClN5O2S/c14-13-6-5-12(22-13)7-18(17-8-15-16-9-17)10-1-3-11(4-2-10)19(20)21/h1-6,8-9H,7H2. The van der Waals surface area contributed by atoms with E-state index in [1.807, 2.05) is 17.1 Å². The van der Waals surface area contributed by atoms with E-state index in [4.69, 9.17) is 11.6 Å². The first-order valence-corrected chi connectivity index (χ1v) is 7.44. The molecular weight excluding hydrogens is 326 g/mol. The fraction of sp³-hybridized carbons (Fsp3) is 0.0769. The Hall–Kier alpha value is -2.45. The largest absolute Gasteiger partial charge is 0.274 e. The van der Waals surface area contributed by atoms with Gasteiger partial charge in [-0.3, -0.25) is 15.1 Å². The van der Waals surface area contributed by atoms with Crippen molar-refractivity contribution in [2.45, 2.75) is 6.54 Å². The third-order valence-corrected chi connectivity index (χ3v) is 4.19. The monoisotopic (exact) mass is 335 g/mol. The molecule has 3 aromatic rings. The Bertz CT molecular complexity index is 772. The summed E-state index contributed by atoms with van der Waals surface area (Å²) in [5.74, 6) is 0. The predicted molar refractivity (Wildman–Crippen MR) is 84.0 cm³/mol. The second-order valence-corrected chi connectivity index (χ2v) is 6.18. The fourth-order valence-electron chi connectivity index (χ4n) is 1.96. The average molecular weight is 336 g/mol. The number of nitro benzene ring substituents is 1. The highest BCUT2D eigenvalue weighted by Gasteiger charge is 2.13. The number of hydrogen-bond donors (Lipinski definition) is 0. The van der Waals surface area contributed by atoms with E-state index in [1.54, 1.807) is 29.5 Å². The van der Waals surface area contributed by atoms with E-state index in [2.05, 4.69) is 10.2 Å². The summed E-state index contributed by atoms with van der Waals surface area (Å²) in [4.78, 5) is 11.4. The number of halogens is 1. The second-order valence-electron chi connectivity index (χ2n) is 4.38. The number of hydrogen-bond acceptors (Lipinski definition) is 6. The maximum atomic E-state index is 10.8. The van der Waals surface area contributed by atoms with Crippen LogP contribution in [0.25, 0.3) is 0 Å². The summed E-state index contributed by atoms with van der Waals surface area (Å²) in [7, 11) is 0. The number of non-ortho nitro benzene ring substituents is 1. The van der Waals surface area contributed by atoms with Gasteiger partial charge in [0.1, 0.15) is 12.7 Å². The molecule has 7 nitrogen and oxygen atoms in total. The molecule has 9 heteroatoms. The van der Waals surface area contributed by atoms with Crippen molar-refractivity contribution in [3.05, 3.63) is 68.4 Å². The molecule has 0 N–H and O–H groups in total. The summed E-state index contributed by atoms with van der Waals surface area (Å²) in [6.45, 7) is 0.549. The third-order valence-electron chi connectivity index (χ3n) is 2.98. The van der Waals surface area contributed by atoms with Gasteiger partial charge in [0, 0.05) is 17.0 Å². The summed E-state index contributed by atoms with van der Waals surface area (Å²) >= 11 is 7.44. The van der Waals surface area contributed by atoms with Gasteiger partial charge in [0.25, 0.3) is 5.69 Å². The van der Waals surface area contributed by atoms with Crippen LogP contribution in [0.2, 0.25) is 4.34 Å². The van der Waals surface area contributed by atoms with Gasteiger partial charge in [-0.2, -0.15) is 0 Å². The van der Waals surface area contributed by atoms with Crippen LogP contribution in [0, 0.1) is 10.1 Å². The van der Waals surface area contributed by atoms with Gasteiger partial charge in [0.15, 0.2) is 0 Å². The van der Waals surface area contributed by atoms with Gasteiger partial charge < -0.3 is 0 Å². The Morgan fingerprint density at radius 1 is 1.18 bits per heavy atom. The minimum atomic E-state index is -0.425. The number of thiophene rings is 1. The molecule has 0 bridgehead atoms. The van der Waals surface area contributed by atoms with Gasteiger partial charge in [-0.1, -0.05) is 11.6 Å². The van der Waals surface area contributed by atoms with Crippen molar-refractivity contribution in [2.75, 3.05) is 5.01 Å². The highest BCUT2D eigenvalue weighted by atomic mass is 35.5. The first-order valence-electron chi connectivity index (χ1n) is 6.24. The molecule has 2 heterocycles. The van der Waals surface area contributed by atoms with Crippen molar-refractivity contribution in [1.82, 2.24) is 14.9 Å². The molecule has 0 aliphatic rings. The van der Waals surface area contributed by atoms with Gasteiger partial charge in [-0.25, -0.2) is 4.68 Å². The Kier molecular flexibility index (Phi) is 4.03. The third kappa shape index (κ3) is 3.07. The number of anilines is 1. The summed E-state index contributed by atoms with van der Waals surface area (Å²) in [5.41, 5.74) is 0.835. The number of nitrogens with zero attached hydrogens (tertiary/aromatic N) is 5. The number of rotatable bonds is 5. The summed E-state index contributed by atoms with van der Waals surface area (Å²) in [6.07, 6.45) is 3.13. The maximum absolute atomic E-state index is 10.8. The van der Waals surface area contributed by atoms with Crippen LogP contribution in [0.15, 0.2) is 49.1 Å². The smallest absolute Gasteiger partial charge is 0.269 e. The van der Waals surface area contributed by atoms with Crippen molar-refractivity contribution < 1.29 is 4.92 Å². The maximum Gasteiger partial charge on any atom is 0.269 e. The molecule has 22 heavy (non-hydrogen) atoms. The molecule has 0 fully saturated rings. The minimum Gasteiger partial charge on any atom is -0.274 e. The molecule has 0 amide bonds.